The Morgan fingerprint density at radius 1 is 1.26 bits per heavy atom. The predicted molar refractivity (Wildman–Crippen MR) is 69.2 cm³/mol. The van der Waals surface area contributed by atoms with Crippen molar-refractivity contribution in [3.63, 3.8) is 0 Å². The number of rotatable bonds is 4. The Balaban J connectivity index is 2.06. The average molecular weight is 258 g/mol. The lowest BCUT2D eigenvalue weighted by Crippen LogP contribution is -2.05. The van der Waals surface area contributed by atoms with Crippen molar-refractivity contribution in [2.75, 3.05) is 0 Å². The number of ether oxygens (including phenoxy) is 1. The first-order valence-corrected chi connectivity index (χ1v) is 5.80. The third kappa shape index (κ3) is 3.28. The van der Waals surface area contributed by atoms with Crippen molar-refractivity contribution in [2.24, 2.45) is 0 Å². The maximum Gasteiger partial charge on any atom is 0.338 e. The highest BCUT2D eigenvalue weighted by Crippen LogP contribution is 2.19. The molecule has 2 aromatic rings. The first kappa shape index (κ1) is 13.0. The molecule has 0 aliphatic rings. The third-order valence-corrected chi connectivity index (χ3v) is 2.65. The summed E-state index contributed by atoms with van der Waals surface area (Å²) < 4.78 is 5.63. The van der Waals surface area contributed by atoms with Gasteiger partial charge in [-0.3, -0.25) is 0 Å². The molecular weight excluding hydrogens is 244 g/mol. The number of carbonyl (C=O) groups is 1. The molecule has 0 bridgehead atoms. The Bertz CT molecular complexity index is 594. The van der Waals surface area contributed by atoms with Crippen LogP contribution in [0, 0.1) is 13.8 Å². The molecule has 0 atom stereocenters. The lowest BCUT2D eigenvalue weighted by atomic mass is 10.1. The zero-order valence-corrected chi connectivity index (χ0v) is 10.8. The molecule has 0 saturated heterocycles. The second-order valence-electron chi connectivity index (χ2n) is 4.25. The van der Waals surface area contributed by atoms with Crippen LogP contribution in [0.5, 0.6) is 5.75 Å². The summed E-state index contributed by atoms with van der Waals surface area (Å²) in [6.45, 7) is 4.16. The average Bonchev–Trinajstić information content (AvgIpc) is 2.40. The Morgan fingerprint density at radius 2 is 1.95 bits per heavy atom. The Morgan fingerprint density at radius 3 is 2.58 bits per heavy atom. The van der Waals surface area contributed by atoms with Crippen molar-refractivity contribution in [3.8, 4) is 5.75 Å². The molecule has 1 N–H and O–H groups in total. The fraction of sp³-hybridized carbons (Fsp3) is 0.214. The molecule has 1 aromatic carbocycles. The van der Waals surface area contributed by atoms with Crippen molar-refractivity contribution in [1.29, 1.82) is 0 Å². The minimum absolute atomic E-state index is 0.0653. The van der Waals surface area contributed by atoms with Gasteiger partial charge in [0.25, 0.3) is 0 Å². The lowest BCUT2D eigenvalue weighted by Gasteiger charge is -2.09. The molecule has 0 aliphatic carbocycles. The van der Waals surface area contributed by atoms with Gasteiger partial charge >= 0.3 is 5.97 Å². The minimum atomic E-state index is -1.04. The highest BCUT2D eigenvalue weighted by atomic mass is 16.5. The maximum absolute atomic E-state index is 10.7. The van der Waals surface area contributed by atoms with Gasteiger partial charge in [0, 0.05) is 12.4 Å². The molecular formula is C14H14N2O3. The molecule has 2 rings (SSSR count). The van der Waals surface area contributed by atoms with Crippen LogP contribution in [-0.4, -0.2) is 21.0 Å². The molecule has 0 aliphatic heterocycles. The molecule has 0 spiro atoms. The van der Waals surface area contributed by atoms with Gasteiger partial charge in [-0.25, -0.2) is 14.8 Å². The van der Waals surface area contributed by atoms with E-state index in [2.05, 4.69) is 9.97 Å². The summed E-state index contributed by atoms with van der Waals surface area (Å²) in [5.41, 5.74) is 2.21. The maximum atomic E-state index is 10.7. The van der Waals surface area contributed by atoms with Crippen LogP contribution < -0.4 is 4.74 Å². The number of aryl methyl sites for hydroxylation is 2. The second kappa shape index (κ2) is 5.48. The lowest BCUT2D eigenvalue weighted by molar-refractivity contribution is 0.0695. The van der Waals surface area contributed by atoms with Crippen molar-refractivity contribution in [1.82, 2.24) is 9.97 Å². The van der Waals surface area contributed by atoms with Crippen LogP contribution in [0.2, 0.25) is 0 Å². The van der Waals surface area contributed by atoms with Crippen LogP contribution in [0.25, 0.3) is 0 Å². The topological polar surface area (TPSA) is 72.3 Å². The van der Waals surface area contributed by atoms with Crippen molar-refractivity contribution in [2.45, 2.75) is 20.5 Å². The fourth-order valence-corrected chi connectivity index (χ4v) is 1.54. The van der Waals surface area contributed by atoms with Gasteiger partial charge in [-0.2, -0.15) is 0 Å². The molecule has 5 nitrogen and oxygen atoms in total. The van der Waals surface area contributed by atoms with Crippen LogP contribution >= 0.6 is 0 Å². The summed E-state index contributed by atoms with van der Waals surface area (Å²) in [6.07, 6.45) is 2.55. The van der Waals surface area contributed by atoms with Gasteiger partial charge < -0.3 is 9.84 Å². The normalized spacial score (nSPS) is 10.2. The van der Waals surface area contributed by atoms with Gasteiger partial charge in [-0.1, -0.05) is 12.1 Å². The number of nitrogens with zero attached hydrogens (tertiary/aromatic N) is 2. The van der Waals surface area contributed by atoms with Crippen LogP contribution in [0.15, 0.2) is 30.6 Å². The first-order valence-electron chi connectivity index (χ1n) is 5.80. The zero-order chi connectivity index (χ0) is 13.8. The molecule has 1 aromatic heterocycles. The number of benzene rings is 1. The van der Waals surface area contributed by atoms with E-state index in [1.54, 1.807) is 0 Å². The molecule has 0 radical (unpaired) electrons. The zero-order valence-electron chi connectivity index (χ0n) is 10.8. The van der Waals surface area contributed by atoms with Crippen molar-refractivity contribution >= 4 is 5.97 Å². The predicted octanol–water partition coefficient (Wildman–Crippen LogP) is 2.37. The molecule has 5 heteroatoms. The highest BCUT2D eigenvalue weighted by molar-refractivity contribution is 5.86. The Labute approximate surface area is 110 Å². The van der Waals surface area contributed by atoms with E-state index in [0.29, 0.717) is 5.82 Å². The summed E-state index contributed by atoms with van der Waals surface area (Å²) in [5, 5.41) is 8.74. The molecule has 0 amide bonds. The number of aromatic nitrogens is 2. The second-order valence-corrected chi connectivity index (χ2v) is 4.25. The van der Waals surface area contributed by atoms with Gasteiger partial charge in [0.05, 0.1) is 5.56 Å². The standard InChI is InChI=1S/C14H14N2O3/c1-9-3-4-10(2)12(5-9)19-8-13-15-6-11(7-16-13)14(17)18/h3-7H,8H2,1-2H3,(H,17,18). The number of hydrogen-bond donors (Lipinski definition) is 1. The monoisotopic (exact) mass is 258 g/mol. The molecule has 98 valence electrons. The number of carboxylic acid groups (broad SMARTS) is 1. The van der Waals surface area contributed by atoms with E-state index in [9.17, 15) is 4.79 Å². The molecule has 19 heavy (non-hydrogen) atoms. The van der Waals surface area contributed by atoms with Crippen LogP contribution in [0.1, 0.15) is 27.3 Å². The van der Waals surface area contributed by atoms with Crippen LogP contribution in [-0.2, 0) is 6.61 Å². The van der Waals surface area contributed by atoms with E-state index in [4.69, 9.17) is 9.84 Å². The van der Waals surface area contributed by atoms with Crippen molar-refractivity contribution in [3.05, 3.63) is 53.1 Å². The quantitative estimate of drug-likeness (QED) is 0.911. The van der Waals surface area contributed by atoms with Crippen molar-refractivity contribution < 1.29 is 14.6 Å². The summed E-state index contributed by atoms with van der Waals surface area (Å²) in [5.74, 6) is 0.193. The van der Waals surface area contributed by atoms with E-state index in [-0.39, 0.29) is 12.2 Å². The molecule has 0 fully saturated rings. The summed E-state index contributed by atoms with van der Waals surface area (Å²) >= 11 is 0. The van der Waals surface area contributed by atoms with E-state index in [1.807, 2.05) is 32.0 Å². The SMILES string of the molecule is Cc1ccc(C)c(OCc2ncc(C(=O)O)cn2)c1. The third-order valence-electron chi connectivity index (χ3n) is 2.65. The molecule has 1 heterocycles. The summed E-state index contributed by atoms with van der Waals surface area (Å²) in [6, 6.07) is 5.94. The highest BCUT2D eigenvalue weighted by Gasteiger charge is 2.06. The number of hydrogen-bond acceptors (Lipinski definition) is 4. The van der Waals surface area contributed by atoms with E-state index >= 15 is 0 Å². The number of carboxylic acids is 1. The summed E-state index contributed by atoms with van der Waals surface area (Å²) in [4.78, 5) is 18.6. The Hall–Kier alpha value is -2.43. The van der Waals surface area contributed by atoms with E-state index in [0.717, 1.165) is 16.9 Å². The largest absolute Gasteiger partial charge is 0.485 e. The van der Waals surface area contributed by atoms with Gasteiger partial charge in [-0.15, -0.1) is 0 Å². The smallest absolute Gasteiger partial charge is 0.338 e. The minimum Gasteiger partial charge on any atom is -0.485 e. The number of aromatic carboxylic acids is 1. The fourth-order valence-electron chi connectivity index (χ4n) is 1.54. The van der Waals surface area contributed by atoms with Gasteiger partial charge in [0.1, 0.15) is 12.4 Å². The molecule has 0 saturated carbocycles. The first-order chi connectivity index (χ1) is 9.06. The van der Waals surface area contributed by atoms with Crippen LogP contribution in [0.4, 0.5) is 0 Å². The van der Waals surface area contributed by atoms with Gasteiger partial charge in [-0.05, 0) is 31.0 Å². The summed E-state index contributed by atoms with van der Waals surface area (Å²) in [7, 11) is 0. The molecule has 0 unspecified atom stereocenters. The van der Waals surface area contributed by atoms with E-state index < -0.39 is 5.97 Å². The Kier molecular flexibility index (Phi) is 3.75. The van der Waals surface area contributed by atoms with E-state index in [1.165, 1.54) is 12.4 Å². The van der Waals surface area contributed by atoms with Gasteiger partial charge in [0.2, 0.25) is 0 Å². The van der Waals surface area contributed by atoms with Gasteiger partial charge in [0.15, 0.2) is 5.82 Å². The van der Waals surface area contributed by atoms with Crippen LogP contribution in [0.3, 0.4) is 0 Å².